The van der Waals surface area contributed by atoms with Gasteiger partial charge in [-0.25, -0.2) is 0 Å². The number of nitrogens with zero attached hydrogens (tertiary/aromatic N) is 1. The Morgan fingerprint density at radius 1 is 1.08 bits per heavy atom. The fourth-order valence-corrected chi connectivity index (χ4v) is 2.23. The number of amides is 1. The van der Waals surface area contributed by atoms with Gasteiger partial charge in [0.25, 0.3) is 5.91 Å². The summed E-state index contributed by atoms with van der Waals surface area (Å²) >= 11 is 0. The van der Waals surface area contributed by atoms with E-state index in [2.05, 4.69) is 11.4 Å². The van der Waals surface area contributed by atoms with Gasteiger partial charge in [-0.3, -0.25) is 4.79 Å². The Morgan fingerprint density at radius 3 is 2.20 bits per heavy atom. The first-order chi connectivity index (χ1) is 12.1. The van der Waals surface area contributed by atoms with E-state index in [4.69, 9.17) is 14.2 Å². The normalized spacial score (nSPS) is 9.84. The van der Waals surface area contributed by atoms with Crippen molar-refractivity contribution in [1.82, 2.24) is 0 Å². The lowest BCUT2D eigenvalue weighted by molar-refractivity contribution is 0.102. The summed E-state index contributed by atoms with van der Waals surface area (Å²) in [6.45, 7) is 4.59. The van der Waals surface area contributed by atoms with Gasteiger partial charge in [0.1, 0.15) is 11.8 Å². The summed E-state index contributed by atoms with van der Waals surface area (Å²) in [6.07, 6.45) is 0. The highest BCUT2D eigenvalue weighted by molar-refractivity contribution is 6.05. The number of rotatable bonds is 7. The molecule has 0 heterocycles. The summed E-state index contributed by atoms with van der Waals surface area (Å²) in [4.78, 5) is 12.4. The van der Waals surface area contributed by atoms with Gasteiger partial charge in [0, 0.05) is 17.7 Å². The molecule has 6 heteroatoms. The molecule has 0 fully saturated rings. The van der Waals surface area contributed by atoms with E-state index in [0.29, 0.717) is 47.3 Å². The highest BCUT2D eigenvalue weighted by atomic mass is 16.5. The molecule has 25 heavy (non-hydrogen) atoms. The van der Waals surface area contributed by atoms with Gasteiger partial charge >= 0.3 is 0 Å². The van der Waals surface area contributed by atoms with E-state index >= 15 is 0 Å². The minimum atomic E-state index is -0.328. The standard InChI is InChI=1S/C19H20N2O4/c1-4-24-17-10-14(12-20)16(11-18(17)25-5-2)21-19(22)13-6-8-15(23-3)9-7-13/h6-11H,4-5H2,1-3H3,(H,21,22). The smallest absolute Gasteiger partial charge is 0.255 e. The van der Waals surface area contributed by atoms with Crippen LogP contribution in [0.5, 0.6) is 17.2 Å². The van der Waals surface area contributed by atoms with Crippen molar-refractivity contribution in [2.75, 3.05) is 25.6 Å². The van der Waals surface area contributed by atoms with E-state index in [-0.39, 0.29) is 5.91 Å². The van der Waals surface area contributed by atoms with Crippen molar-refractivity contribution in [3.63, 3.8) is 0 Å². The maximum absolute atomic E-state index is 12.4. The fraction of sp³-hybridized carbons (Fsp3) is 0.263. The van der Waals surface area contributed by atoms with Crippen molar-refractivity contribution < 1.29 is 19.0 Å². The largest absolute Gasteiger partial charge is 0.497 e. The summed E-state index contributed by atoms with van der Waals surface area (Å²) < 4.78 is 16.1. The molecule has 0 aliphatic heterocycles. The molecule has 0 radical (unpaired) electrons. The quantitative estimate of drug-likeness (QED) is 0.832. The SMILES string of the molecule is CCOc1cc(C#N)c(NC(=O)c2ccc(OC)cc2)cc1OCC. The second-order valence-corrected chi connectivity index (χ2v) is 5.00. The molecule has 2 aromatic carbocycles. The van der Waals surface area contributed by atoms with Crippen LogP contribution in [0.3, 0.4) is 0 Å². The molecule has 1 N–H and O–H groups in total. The Labute approximate surface area is 146 Å². The predicted molar refractivity (Wildman–Crippen MR) is 94.4 cm³/mol. The topological polar surface area (TPSA) is 80.6 Å². The van der Waals surface area contributed by atoms with Gasteiger partial charge in [0.15, 0.2) is 11.5 Å². The third kappa shape index (κ3) is 4.42. The molecule has 0 saturated carbocycles. The maximum Gasteiger partial charge on any atom is 0.255 e. The number of nitriles is 1. The zero-order chi connectivity index (χ0) is 18.2. The van der Waals surface area contributed by atoms with E-state index in [9.17, 15) is 10.1 Å². The van der Waals surface area contributed by atoms with Crippen LogP contribution >= 0.6 is 0 Å². The molecule has 0 aromatic heterocycles. The number of carbonyl (C=O) groups excluding carboxylic acids is 1. The fourth-order valence-electron chi connectivity index (χ4n) is 2.23. The number of methoxy groups -OCH3 is 1. The first kappa shape index (κ1) is 18.1. The number of hydrogen-bond acceptors (Lipinski definition) is 5. The molecule has 0 aliphatic carbocycles. The minimum Gasteiger partial charge on any atom is -0.497 e. The first-order valence-electron chi connectivity index (χ1n) is 7.92. The Morgan fingerprint density at radius 2 is 1.68 bits per heavy atom. The summed E-state index contributed by atoms with van der Waals surface area (Å²) in [5.74, 6) is 1.29. The number of carbonyl (C=O) groups is 1. The molecule has 0 atom stereocenters. The third-order valence-electron chi connectivity index (χ3n) is 3.40. The van der Waals surface area contributed by atoms with Gasteiger partial charge in [0.05, 0.1) is 31.6 Å². The van der Waals surface area contributed by atoms with Gasteiger partial charge < -0.3 is 19.5 Å². The molecule has 130 valence electrons. The van der Waals surface area contributed by atoms with E-state index in [1.807, 2.05) is 13.8 Å². The van der Waals surface area contributed by atoms with Crippen LogP contribution < -0.4 is 19.5 Å². The van der Waals surface area contributed by atoms with Gasteiger partial charge in [-0.2, -0.15) is 5.26 Å². The van der Waals surface area contributed by atoms with Crippen molar-refractivity contribution >= 4 is 11.6 Å². The first-order valence-corrected chi connectivity index (χ1v) is 7.92. The molecule has 0 saturated heterocycles. The molecular formula is C19H20N2O4. The summed E-state index contributed by atoms with van der Waals surface area (Å²) in [7, 11) is 1.56. The average molecular weight is 340 g/mol. The van der Waals surface area contributed by atoms with Crippen LogP contribution in [-0.2, 0) is 0 Å². The van der Waals surface area contributed by atoms with Crippen molar-refractivity contribution in [2.45, 2.75) is 13.8 Å². The molecule has 2 aromatic rings. The van der Waals surface area contributed by atoms with Crippen molar-refractivity contribution in [2.24, 2.45) is 0 Å². The average Bonchev–Trinajstić information content (AvgIpc) is 2.64. The van der Waals surface area contributed by atoms with Gasteiger partial charge in [-0.1, -0.05) is 0 Å². The zero-order valence-electron chi connectivity index (χ0n) is 14.5. The summed E-state index contributed by atoms with van der Waals surface area (Å²) in [5, 5.41) is 12.1. The lowest BCUT2D eigenvalue weighted by atomic mass is 10.1. The van der Waals surface area contributed by atoms with E-state index in [1.54, 1.807) is 43.5 Å². The highest BCUT2D eigenvalue weighted by Crippen LogP contribution is 2.34. The Hall–Kier alpha value is -3.20. The molecule has 0 spiro atoms. The zero-order valence-corrected chi connectivity index (χ0v) is 14.5. The Kier molecular flexibility index (Phi) is 6.24. The molecule has 2 rings (SSSR count). The van der Waals surface area contributed by atoms with Gasteiger partial charge in [-0.15, -0.1) is 0 Å². The van der Waals surface area contributed by atoms with Crippen LogP contribution in [0.2, 0.25) is 0 Å². The van der Waals surface area contributed by atoms with Gasteiger partial charge in [-0.05, 0) is 38.1 Å². The highest BCUT2D eigenvalue weighted by Gasteiger charge is 2.15. The van der Waals surface area contributed by atoms with E-state index in [0.717, 1.165) is 0 Å². The van der Waals surface area contributed by atoms with Crippen molar-refractivity contribution in [3.05, 3.63) is 47.5 Å². The molecule has 0 bridgehead atoms. The minimum absolute atomic E-state index is 0.300. The van der Waals surface area contributed by atoms with Crippen LogP contribution in [0.1, 0.15) is 29.8 Å². The Bertz CT molecular complexity index is 779. The predicted octanol–water partition coefficient (Wildman–Crippen LogP) is 3.62. The number of hydrogen-bond donors (Lipinski definition) is 1. The molecule has 6 nitrogen and oxygen atoms in total. The third-order valence-corrected chi connectivity index (χ3v) is 3.40. The Balaban J connectivity index is 2.31. The van der Waals surface area contributed by atoms with Crippen LogP contribution in [0, 0.1) is 11.3 Å². The maximum atomic E-state index is 12.4. The number of benzene rings is 2. The van der Waals surface area contributed by atoms with E-state index in [1.165, 1.54) is 0 Å². The van der Waals surface area contributed by atoms with Crippen LogP contribution in [0.25, 0.3) is 0 Å². The lowest BCUT2D eigenvalue weighted by Crippen LogP contribution is -2.13. The van der Waals surface area contributed by atoms with Crippen LogP contribution in [0.4, 0.5) is 5.69 Å². The molecular weight excluding hydrogens is 320 g/mol. The molecule has 0 aliphatic rings. The number of anilines is 1. The molecule has 0 unspecified atom stereocenters. The summed E-state index contributed by atoms with van der Waals surface area (Å²) in [6, 6.07) is 11.9. The number of ether oxygens (including phenoxy) is 3. The molecule has 1 amide bonds. The second-order valence-electron chi connectivity index (χ2n) is 5.00. The lowest BCUT2D eigenvalue weighted by Gasteiger charge is -2.14. The van der Waals surface area contributed by atoms with Gasteiger partial charge in [0.2, 0.25) is 0 Å². The van der Waals surface area contributed by atoms with Crippen molar-refractivity contribution in [1.29, 1.82) is 5.26 Å². The van der Waals surface area contributed by atoms with Crippen LogP contribution in [-0.4, -0.2) is 26.2 Å². The van der Waals surface area contributed by atoms with E-state index < -0.39 is 0 Å². The number of nitrogens with one attached hydrogen (secondary N) is 1. The van der Waals surface area contributed by atoms with Crippen LogP contribution in [0.15, 0.2) is 36.4 Å². The second kappa shape index (κ2) is 8.60. The summed E-state index contributed by atoms with van der Waals surface area (Å²) in [5.41, 5.74) is 1.13. The monoisotopic (exact) mass is 340 g/mol. The van der Waals surface area contributed by atoms with Crippen molar-refractivity contribution in [3.8, 4) is 23.3 Å².